The highest BCUT2D eigenvalue weighted by atomic mass is 79.9. The molecular formula is C4H6BrN. The highest BCUT2D eigenvalue weighted by Gasteiger charge is 2.02. The van der Waals surface area contributed by atoms with Crippen LogP contribution in [0.3, 0.4) is 0 Å². The quantitative estimate of drug-likeness (QED) is 0.365. The van der Waals surface area contributed by atoms with E-state index < -0.39 is 0 Å². The molecule has 0 fully saturated rings. The summed E-state index contributed by atoms with van der Waals surface area (Å²) >= 11 is 3.34. The van der Waals surface area contributed by atoms with Gasteiger partial charge in [0.1, 0.15) is 4.95 Å². The normalized spacial score (nSPS) is 31.8. The van der Waals surface area contributed by atoms with E-state index in [-0.39, 0.29) is 0 Å². The molecule has 0 radical (unpaired) electrons. The maximum atomic E-state index is 4.03. The van der Waals surface area contributed by atoms with E-state index in [0.717, 1.165) is 6.42 Å². The Kier molecular flexibility index (Phi) is 1.25. The SMILES string of the molecule is BrC1CCC=N1. The van der Waals surface area contributed by atoms with E-state index in [1.165, 1.54) is 6.42 Å². The van der Waals surface area contributed by atoms with Crippen LogP contribution < -0.4 is 0 Å². The van der Waals surface area contributed by atoms with Crippen molar-refractivity contribution < 1.29 is 0 Å². The van der Waals surface area contributed by atoms with Gasteiger partial charge in [0.15, 0.2) is 0 Å². The smallest absolute Gasteiger partial charge is 0.105 e. The first-order valence-electron chi connectivity index (χ1n) is 2.05. The minimum absolute atomic E-state index is 0.428. The molecule has 0 aromatic heterocycles. The van der Waals surface area contributed by atoms with E-state index in [0.29, 0.717) is 4.95 Å². The van der Waals surface area contributed by atoms with Crippen LogP contribution in [0.4, 0.5) is 0 Å². The maximum Gasteiger partial charge on any atom is 0.105 e. The summed E-state index contributed by atoms with van der Waals surface area (Å²) in [7, 11) is 0. The Morgan fingerprint density at radius 3 is 2.83 bits per heavy atom. The highest BCUT2D eigenvalue weighted by Crippen LogP contribution is 2.12. The van der Waals surface area contributed by atoms with Gasteiger partial charge in [0.2, 0.25) is 0 Å². The summed E-state index contributed by atoms with van der Waals surface area (Å²) < 4.78 is 0. The van der Waals surface area contributed by atoms with E-state index in [4.69, 9.17) is 0 Å². The fourth-order valence-corrected chi connectivity index (χ4v) is 0.907. The van der Waals surface area contributed by atoms with Gasteiger partial charge in [0, 0.05) is 6.21 Å². The van der Waals surface area contributed by atoms with E-state index >= 15 is 0 Å². The molecule has 0 aromatic carbocycles. The number of aliphatic imine (C=N–C) groups is 1. The molecule has 0 aromatic rings. The van der Waals surface area contributed by atoms with Crippen molar-refractivity contribution in [2.75, 3.05) is 0 Å². The van der Waals surface area contributed by atoms with Gasteiger partial charge in [-0.3, -0.25) is 4.99 Å². The van der Waals surface area contributed by atoms with Crippen LogP contribution in [0.5, 0.6) is 0 Å². The third kappa shape index (κ3) is 0.805. The average Bonchev–Trinajstić information content (AvgIpc) is 1.86. The predicted molar refractivity (Wildman–Crippen MR) is 30.4 cm³/mol. The van der Waals surface area contributed by atoms with Gasteiger partial charge in [-0.05, 0) is 12.8 Å². The number of alkyl halides is 1. The van der Waals surface area contributed by atoms with Crippen LogP contribution in [0.15, 0.2) is 4.99 Å². The Balaban J connectivity index is 2.38. The van der Waals surface area contributed by atoms with Crippen molar-refractivity contribution in [2.45, 2.75) is 17.8 Å². The van der Waals surface area contributed by atoms with Crippen molar-refractivity contribution in [3.8, 4) is 0 Å². The van der Waals surface area contributed by atoms with E-state index in [2.05, 4.69) is 20.9 Å². The van der Waals surface area contributed by atoms with Crippen molar-refractivity contribution in [1.29, 1.82) is 0 Å². The molecule has 0 bridgehead atoms. The largest absolute Gasteiger partial charge is 0.283 e. The Labute approximate surface area is 45.6 Å². The number of hydrogen-bond acceptors (Lipinski definition) is 1. The number of nitrogens with zero attached hydrogens (tertiary/aromatic N) is 1. The highest BCUT2D eigenvalue weighted by molar-refractivity contribution is 9.09. The lowest BCUT2D eigenvalue weighted by Crippen LogP contribution is -1.79. The van der Waals surface area contributed by atoms with Crippen LogP contribution in [-0.4, -0.2) is 11.2 Å². The molecule has 0 amide bonds. The van der Waals surface area contributed by atoms with Crippen molar-refractivity contribution in [3.05, 3.63) is 0 Å². The van der Waals surface area contributed by atoms with Crippen LogP contribution in [0.2, 0.25) is 0 Å². The van der Waals surface area contributed by atoms with Gasteiger partial charge in [-0.15, -0.1) is 0 Å². The molecule has 1 aliphatic heterocycles. The Hall–Kier alpha value is 0.150. The van der Waals surface area contributed by atoms with Gasteiger partial charge in [-0.2, -0.15) is 0 Å². The molecular weight excluding hydrogens is 142 g/mol. The summed E-state index contributed by atoms with van der Waals surface area (Å²) in [5, 5.41) is 0. The Morgan fingerprint density at radius 2 is 2.67 bits per heavy atom. The Morgan fingerprint density at radius 1 is 1.83 bits per heavy atom. The van der Waals surface area contributed by atoms with Crippen molar-refractivity contribution in [3.63, 3.8) is 0 Å². The van der Waals surface area contributed by atoms with Gasteiger partial charge >= 0.3 is 0 Å². The zero-order chi connectivity index (χ0) is 4.41. The molecule has 0 spiro atoms. The van der Waals surface area contributed by atoms with Crippen molar-refractivity contribution >= 4 is 22.1 Å². The lowest BCUT2D eigenvalue weighted by molar-refractivity contribution is 0.907. The summed E-state index contributed by atoms with van der Waals surface area (Å²) in [4.78, 5) is 4.46. The van der Waals surface area contributed by atoms with E-state index in [9.17, 15) is 0 Å². The minimum atomic E-state index is 0.428. The summed E-state index contributed by atoms with van der Waals surface area (Å²) in [6.07, 6.45) is 4.29. The minimum Gasteiger partial charge on any atom is -0.283 e. The topological polar surface area (TPSA) is 12.4 Å². The zero-order valence-electron chi connectivity index (χ0n) is 3.39. The number of hydrogen-bond donors (Lipinski definition) is 0. The summed E-state index contributed by atoms with van der Waals surface area (Å²) in [6, 6.07) is 0. The summed E-state index contributed by atoms with van der Waals surface area (Å²) in [6.45, 7) is 0. The summed E-state index contributed by atoms with van der Waals surface area (Å²) in [5.74, 6) is 0. The van der Waals surface area contributed by atoms with E-state index in [1.54, 1.807) is 0 Å². The molecule has 0 saturated heterocycles. The van der Waals surface area contributed by atoms with Crippen LogP contribution in [0, 0.1) is 0 Å². The van der Waals surface area contributed by atoms with Crippen molar-refractivity contribution in [1.82, 2.24) is 0 Å². The third-order valence-electron chi connectivity index (χ3n) is 0.801. The molecule has 1 rings (SSSR count). The molecule has 1 unspecified atom stereocenters. The zero-order valence-corrected chi connectivity index (χ0v) is 4.98. The van der Waals surface area contributed by atoms with E-state index in [1.807, 2.05) is 6.21 Å². The first kappa shape index (κ1) is 4.31. The van der Waals surface area contributed by atoms with Gasteiger partial charge in [0.25, 0.3) is 0 Å². The summed E-state index contributed by atoms with van der Waals surface area (Å²) in [5.41, 5.74) is 0. The van der Waals surface area contributed by atoms with Gasteiger partial charge in [-0.25, -0.2) is 0 Å². The molecule has 34 valence electrons. The molecule has 2 heteroatoms. The van der Waals surface area contributed by atoms with Crippen LogP contribution >= 0.6 is 15.9 Å². The lowest BCUT2D eigenvalue weighted by atomic mass is 10.4. The second kappa shape index (κ2) is 1.73. The molecule has 1 heterocycles. The second-order valence-electron chi connectivity index (χ2n) is 1.34. The van der Waals surface area contributed by atoms with Crippen LogP contribution in [0.25, 0.3) is 0 Å². The van der Waals surface area contributed by atoms with Gasteiger partial charge in [-0.1, -0.05) is 15.9 Å². The van der Waals surface area contributed by atoms with Gasteiger partial charge < -0.3 is 0 Å². The van der Waals surface area contributed by atoms with Crippen LogP contribution in [-0.2, 0) is 0 Å². The fraction of sp³-hybridized carbons (Fsp3) is 0.750. The number of halogens is 1. The van der Waals surface area contributed by atoms with Gasteiger partial charge in [0.05, 0.1) is 0 Å². The Bertz CT molecular complexity index is 69.9. The maximum absolute atomic E-state index is 4.03. The predicted octanol–water partition coefficient (Wildman–Crippen LogP) is 1.57. The molecule has 0 aliphatic carbocycles. The monoisotopic (exact) mass is 147 g/mol. The second-order valence-corrected chi connectivity index (χ2v) is 2.40. The molecule has 1 nitrogen and oxygen atoms in total. The van der Waals surface area contributed by atoms with Crippen molar-refractivity contribution in [2.24, 2.45) is 4.99 Å². The third-order valence-corrected chi connectivity index (χ3v) is 1.50. The molecule has 1 aliphatic rings. The molecule has 0 N–H and O–H groups in total. The van der Waals surface area contributed by atoms with Crippen LogP contribution in [0.1, 0.15) is 12.8 Å². The standard InChI is InChI=1S/C4H6BrN/c5-4-2-1-3-6-4/h3-4H,1-2H2. The first-order valence-corrected chi connectivity index (χ1v) is 2.97. The molecule has 0 saturated carbocycles. The molecule has 6 heavy (non-hydrogen) atoms. The lowest BCUT2D eigenvalue weighted by Gasteiger charge is -1.86. The number of rotatable bonds is 0. The average molecular weight is 148 g/mol. The fourth-order valence-electron chi connectivity index (χ4n) is 0.476. The first-order chi connectivity index (χ1) is 2.89. The molecule has 1 atom stereocenters.